The molecule has 0 aliphatic rings. The number of aromatic nitrogens is 4. The van der Waals surface area contributed by atoms with Gasteiger partial charge in [0, 0.05) is 50.0 Å². The van der Waals surface area contributed by atoms with Gasteiger partial charge < -0.3 is 26.3 Å². The Bertz CT molecular complexity index is 1450. The predicted molar refractivity (Wildman–Crippen MR) is 133 cm³/mol. The number of amides is 3. The Labute approximate surface area is 200 Å². The maximum absolute atomic E-state index is 12.9. The number of aryl methyl sites for hydroxylation is 1. The molecule has 178 valence electrons. The summed E-state index contributed by atoms with van der Waals surface area (Å²) >= 11 is 0. The van der Waals surface area contributed by atoms with Gasteiger partial charge in [0.15, 0.2) is 5.82 Å². The molecule has 0 aliphatic heterocycles. The molecule has 3 amide bonds. The summed E-state index contributed by atoms with van der Waals surface area (Å²) in [7, 11) is 1.43. The number of nitrogens with one attached hydrogen (secondary N) is 3. The SMILES string of the molecule is CCn1c(N)c(C(=O)NC)c(=O)c2cnc(-c3ccc(NC(=O)NCc4cccnc4)cc3)nc21. The molecular formula is C24H24N8O3. The molecule has 3 heterocycles. The smallest absolute Gasteiger partial charge is 0.319 e. The summed E-state index contributed by atoms with van der Waals surface area (Å²) in [5.74, 6) is -0.141. The lowest BCUT2D eigenvalue weighted by atomic mass is 10.1. The lowest BCUT2D eigenvalue weighted by molar-refractivity contribution is 0.0962. The van der Waals surface area contributed by atoms with Gasteiger partial charge in [-0.2, -0.15) is 0 Å². The van der Waals surface area contributed by atoms with Crippen LogP contribution in [-0.2, 0) is 13.1 Å². The Morgan fingerprint density at radius 3 is 2.54 bits per heavy atom. The number of carbonyl (C=O) groups is 2. The second-order valence-corrected chi connectivity index (χ2v) is 7.59. The van der Waals surface area contributed by atoms with E-state index in [0.29, 0.717) is 35.8 Å². The van der Waals surface area contributed by atoms with E-state index in [1.165, 1.54) is 13.2 Å². The third-order valence-corrected chi connectivity index (χ3v) is 5.39. The van der Waals surface area contributed by atoms with Crippen LogP contribution >= 0.6 is 0 Å². The van der Waals surface area contributed by atoms with E-state index in [0.717, 1.165) is 5.56 Å². The highest BCUT2D eigenvalue weighted by Crippen LogP contribution is 2.22. The van der Waals surface area contributed by atoms with E-state index in [1.54, 1.807) is 47.3 Å². The average molecular weight is 473 g/mol. The number of benzene rings is 1. The molecule has 3 aromatic heterocycles. The Morgan fingerprint density at radius 2 is 1.89 bits per heavy atom. The average Bonchev–Trinajstić information content (AvgIpc) is 2.88. The lowest BCUT2D eigenvalue weighted by Crippen LogP contribution is -2.30. The molecule has 0 saturated heterocycles. The van der Waals surface area contributed by atoms with E-state index in [-0.39, 0.29) is 22.8 Å². The Hall–Kier alpha value is -4.80. The fourth-order valence-corrected chi connectivity index (χ4v) is 3.61. The van der Waals surface area contributed by atoms with Crippen molar-refractivity contribution in [2.45, 2.75) is 20.0 Å². The van der Waals surface area contributed by atoms with Crippen LogP contribution in [0.4, 0.5) is 16.3 Å². The van der Waals surface area contributed by atoms with Crippen LogP contribution in [0.2, 0.25) is 0 Å². The van der Waals surface area contributed by atoms with E-state index in [4.69, 9.17) is 5.73 Å². The Kier molecular flexibility index (Phi) is 6.67. The van der Waals surface area contributed by atoms with Crippen LogP contribution in [-0.4, -0.2) is 38.5 Å². The molecule has 0 atom stereocenters. The third-order valence-electron chi connectivity index (χ3n) is 5.39. The first kappa shape index (κ1) is 23.4. The number of nitrogens with two attached hydrogens (primary N) is 1. The molecule has 11 heteroatoms. The summed E-state index contributed by atoms with van der Waals surface area (Å²) < 4.78 is 1.61. The molecular weight excluding hydrogens is 448 g/mol. The zero-order chi connectivity index (χ0) is 24.9. The molecule has 4 aromatic rings. The topological polar surface area (TPSA) is 157 Å². The predicted octanol–water partition coefficient (Wildman–Crippen LogP) is 2.14. The number of urea groups is 1. The third kappa shape index (κ3) is 4.78. The second-order valence-electron chi connectivity index (χ2n) is 7.59. The zero-order valence-electron chi connectivity index (χ0n) is 19.2. The van der Waals surface area contributed by atoms with Gasteiger partial charge in [-0.1, -0.05) is 6.07 Å². The molecule has 0 spiro atoms. The molecule has 1 aromatic carbocycles. The van der Waals surface area contributed by atoms with Gasteiger partial charge >= 0.3 is 6.03 Å². The van der Waals surface area contributed by atoms with Gasteiger partial charge in [0.25, 0.3) is 5.91 Å². The van der Waals surface area contributed by atoms with Crippen LogP contribution in [0.5, 0.6) is 0 Å². The molecule has 0 fully saturated rings. The first-order chi connectivity index (χ1) is 16.9. The van der Waals surface area contributed by atoms with E-state index in [1.807, 2.05) is 13.0 Å². The van der Waals surface area contributed by atoms with Crippen LogP contribution in [0.25, 0.3) is 22.4 Å². The molecule has 35 heavy (non-hydrogen) atoms. The van der Waals surface area contributed by atoms with Crippen LogP contribution < -0.4 is 27.1 Å². The molecule has 0 bridgehead atoms. The van der Waals surface area contributed by atoms with Gasteiger partial charge in [-0.25, -0.2) is 14.8 Å². The Balaban J connectivity index is 1.57. The number of anilines is 2. The van der Waals surface area contributed by atoms with Gasteiger partial charge in [-0.3, -0.25) is 14.6 Å². The fourth-order valence-electron chi connectivity index (χ4n) is 3.61. The van der Waals surface area contributed by atoms with Crippen molar-refractivity contribution in [3.63, 3.8) is 0 Å². The minimum absolute atomic E-state index is 0.0471. The first-order valence-corrected chi connectivity index (χ1v) is 10.9. The van der Waals surface area contributed by atoms with Gasteiger partial charge in [-0.15, -0.1) is 0 Å². The van der Waals surface area contributed by atoms with E-state index in [9.17, 15) is 14.4 Å². The standard InChI is InChI=1S/C24H24N8O3/c1-3-32-20(25)18(23(34)26-2)19(33)17-13-28-21(31-22(17)32)15-6-8-16(9-7-15)30-24(35)29-12-14-5-4-10-27-11-14/h4-11,13H,3,12,25H2,1-2H3,(H,26,34)(H2,29,30,35). The number of nitrogens with zero attached hydrogens (tertiary/aromatic N) is 4. The molecule has 0 saturated carbocycles. The summed E-state index contributed by atoms with van der Waals surface area (Å²) in [6.45, 7) is 2.60. The quantitative estimate of drug-likeness (QED) is 0.335. The Morgan fingerprint density at radius 1 is 1.11 bits per heavy atom. The van der Waals surface area contributed by atoms with Crippen LogP contribution in [0, 0.1) is 0 Å². The van der Waals surface area contributed by atoms with Crippen molar-refractivity contribution in [3.8, 4) is 11.4 Å². The zero-order valence-corrected chi connectivity index (χ0v) is 19.2. The van der Waals surface area contributed by atoms with Crippen molar-refractivity contribution in [2.24, 2.45) is 0 Å². The molecule has 5 N–H and O–H groups in total. The number of carbonyl (C=O) groups excluding carboxylic acids is 2. The van der Waals surface area contributed by atoms with Crippen molar-refractivity contribution in [1.82, 2.24) is 30.2 Å². The highest BCUT2D eigenvalue weighted by molar-refractivity contribution is 6.01. The van der Waals surface area contributed by atoms with E-state index in [2.05, 4.69) is 30.9 Å². The van der Waals surface area contributed by atoms with Crippen LogP contribution in [0.3, 0.4) is 0 Å². The molecule has 0 unspecified atom stereocenters. The van der Waals surface area contributed by atoms with Crippen molar-refractivity contribution < 1.29 is 9.59 Å². The number of nitrogen functional groups attached to an aromatic ring is 1. The normalized spacial score (nSPS) is 10.7. The maximum atomic E-state index is 12.9. The van der Waals surface area contributed by atoms with Crippen molar-refractivity contribution in [2.75, 3.05) is 18.1 Å². The highest BCUT2D eigenvalue weighted by Gasteiger charge is 2.21. The largest absolute Gasteiger partial charge is 0.384 e. The highest BCUT2D eigenvalue weighted by atomic mass is 16.2. The molecule has 0 radical (unpaired) electrons. The summed E-state index contributed by atoms with van der Waals surface area (Å²) in [5.41, 5.74) is 7.98. The van der Waals surface area contributed by atoms with Gasteiger partial charge in [0.05, 0.1) is 5.39 Å². The number of pyridine rings is 2. The van der Waals surface area contributed by atoms with E-state index < -0.39 is 11.3 Å². The van der Waals surface area contributed by atoms with Crippen molar-refractivity contribution in [1.29, 1.82) is 0 Å². The summed E-state index contributed by atoms with van der Waals surface area (Å²) in [4.78, 5) is 50.1. The van der Waals surface area contributed by atoms with Crippen molar-refractivity contribution >= 4 is 34.5 Å². The molecule has 0 aliphatic carbocycles. The van der Waals surface area contributed by atoms with Crippen LogP contribution in [0.15, 0.2) is 59.8 Å². The van der Waals surface area contributed by atoms with Gasteiger partial charge in [-0.05, 0) is 42.8 Å². The van der Waals surface area contributed by atoms with Gasteiger partial charge in [0.2, 0.25) is 5.43 Å². The number of rotatable bonds is 6. The maximum Gasteiger partial charge on any atom is 0.319 e. The number of hydrogen-bond donors (Lipinski definition) is 4. The van der Waals surface area contributed by atoms with Crippen molar-refractivity contribution in [3.05, 3.63) is 76.3 Å². The minimum Gasteiger partial charge on any atom is -0.384 e. The van der Waals surface area contributed by atoms with E-state index >= 15 is 0 Å². The van der Waals surface area contributed by atoms with Gasteiger partial charge in [0.1, 0.15) is 17.0 Å². The summed E-state index contributed by atoms with van der Waals surface area (Å²) in [6.07, 6.45) is 4.75. The second kappa shape index (κ2) is 10.00. The summed E-state index contributed by atoms with van der Waals surface area (Å²) in [6, 6.07) is 10.3. The van der Waals surface area contributed by atoms with Crippen LogP contribution in [0.1, 0.15) is 22.8 Å². The number of hydrogen-bond acceptors (Lipinski definition) is 7. The molecule has 4 rings (SSSR count). The lowest BCUT2D eigenvalue weighted by Gasteiger charge is -2.15. The molecule has 11 nitrogen and oxygen atoms in total. The first-order valence-electron chi connectivity index (χ1n) is 10.9. The minimum atomic E-state index is -0.562. The fraction of sp³-hybridized carbons (Fsp3) is 0.167. The number of fused-ring (bicyclic) bond motifs is 1. The summed E-state index contributed by atoms with van der Waals surface area (Å²) in [5, 5.41) is 8.17. The monoisotopic (exact) mass is 472 g/mol.